The van der Waals surface area contributed by atoms with Crippen LogP contribution in [-0.4, -0.2) is 67.0 Å². The predicted molar refractivity (Wildman–Crippen MR) is 107 cm³/mol. The summed E-state index contributed by atoms with van der Waals surface area (Å²) in [5, 5.41) is 2.07. The third-order valence-electron chi connectivity index (χ3n) is 3.79. The van der Waals surface area contributed by atoms with Crippen molar-refractivity contribution in [1.29, 1.82) is 0 Å². The molecule has 0 aliphatic heterocycles. The molecule has 0 atom stereocenters. The first kappa shape index (κ1) is 21.3. The minimum atomic E-state index is 0.570. The molecule has 2 aromatic rings. The van der Waals surface area contributed by atoms with E-state index in [1.54, 1.807) is 25.6 Å². The predicted octanol–water partition coefficient (Wildman–Crippen LogP) is 3.66. The zero-order chi connectivity index (χ0) is 18.8. The van der Waals surface area contributed by atoms with E-state index in [1.807, 2.05) is 13.0 Å². The summed E-state index contributed by atoms with van der Waals surface area (Å²) in [6.07, 6.45) is 0. The molecule has 0 spiro atoms. The Labute approximate surface area is 163 Å². The Morgan fingerprint density at radius 1 is 1.00 bits per heavy atom. The summed E-state index contributed by atoms with van der Waals surface area (Å²) in [6.45, 7) is 6.86. The van der Waals surface area contributed by atoms with Crippen LogP contribution in [0.5, 0.6) is 0 Å². The van der Waals surface area contributed by atoms with E-state index in [0.29, 0.717) is 52.7 Å². The summed E-state index contributed by atoms with van der Waals surface area (Å²) in [5.41, 5.74) is 1.97. The van der Waals surface area contributed by atoms with Gasteiger partial charge in [-0.15, -0.1) is 11.3 Å². The molecule has 0 aromatic carbocycles. The Morgan fingerprint density at radius 2 is 1.62 bits per heavy atom. The summed E-state index contributed by atoms with van der Waals surface area (Å²) in [7, 11) is 3.32. The highest BCUT2D eigenvalue weighted by atomic mass is 32.1. The third-order valence-corrected chi connectivity index (χ3v) is 5.35. The van der Waals surface area contributed by atoms with E-state index < -0.39 is 0 Å². The number of hydrogen-bond donors (Lipinski definition) is 0. The molecular weight excluding hydrogens is 374 g/mol. The highest BCUT2D eigenvalue weighted by Crippen LogP contribution is 2.31. The van der Waals surface area contributed by atoms with Crippen LogP contribution >= 0.6 is 23.6 Å². The van der Waals surface area contributed by atoms with Crippen LogP contribution in [0, 0.1) is 11.4 Å². The number of methoxy groups -OCH3 is 2. The van der Waals surface area contributed by atoms with Gasteiger partial charge in [-0.3, -0.25) is 0 Å². The van der Waals surface area contributed by atoms with E-state index in [0.717, 1.165) is 26.2 Å². The maximum absolute atomic E-state index is 6.14. The van der Waals surface area contributed by atoms with Crippen LogP contribution in [-0.2, 0) is 18.9 Å². The van der Waals surface area contributed by atoms with Gasteiger partial charge in [0.15, 0.2) is 11.5 Å². The van der Waals surface area contributed by atoms with Crippen molar-refractivity contribution in [2.24, 2.45) is 0 Å². The lowest BCUT2D eigenvalue weighted by Crippen LogP contribution is -2.31. The van der Waals surface area contributed by atoms with Crippen LogP contribution < -0.4 is 4.90 Å². The van der Waals surface area contributed by atoms with Gasteiger partial charge in [0.2, 0.25) is 0 Å². The fraction of sp³-hybridized carbons (Fsp3) is 0.611. The third kappa shape index (κ3) is 6.29. The summed E-state index contributed by atoms with van der Waals surface area (Å²) >= 11 is 7.16. The number of ether oxygens (including phenoxy) is 4. The second-order valence-electron chi connectivity index (χ2n) is 5.72. The highest BCUT2D eigenvalue weighted by Gasteiger charge is 2.13. The van der Waals surface area contributed by atoms with Gasteiger partial charge in [-0.05, 0) is 12.3 Å². The van der Waals surface area contributed by atoms with Crippen molar-refractivity contribution in [2.45, 2.75) is 6.92 Å². The molecular formula is C18H27NO5S2. The summed E-state index contributed by atoms with van der Waals surface area (Å²) in [5.74, 6) is 0.745. The average Bonchev–Trinajstić information content (AvgIpc) is 3.01. The minimum Gasteiger partial charge on any atom is -0.439 e. The molecule has 0 aliphatic rings. The first-order chi connectivity index (χ1) is 12.7. The molecule has 2 rings (SSSR count). The van der Waals surface area contributed by atoms with Crippen LogP contribution in [0.3, 0.4) is 0 Å². The molecule has 8 heteroatoms. The van der Waals surface area contributed by atoms with Gasteiger partial charge in [0.05, 0.1) is 48.9 Å². The molecule has 0 bridgehead atoms. The molecule has 0 saturated heterocycles. The molecule has 0 saturated carbocycles. The van der Waals surface area contributed by atoms with Gasteiger partial charge in [-0.2, -0.15) is 0 Å². The van der Waals surface area contributed by atoms with Gasteiger partial charge in [0, 0.05) is 38.9 Å². The van der Waals surface area contributed by atoms with Crippen LogP contribution in [0.15, 0.2) is 15.9 Å². The van der Waals surface area contributed by atoms with Crippen LogP contribution in [0.4, 0.5) is 5.88 Å². The summed E-state index contributed by atoms with van der Waals surface area (Å²) in [6, 6.07) is 1.91. The molecule has 0 N–H and O–H groups in total. The maximum atomic E-state index is 6.14. The quantitative estimate of drug-likeness (QED) is 0.375. The Hall–Kier alpha value is -1.03. The van der Waals surface area contributed by atoms with E-state index in [1.165, 1.54) is 0 Å². The van der Waals surface area contributed by atoms with Crippen molar-refractivity contribution in [3.63, 3.8) is 0 Å². The van der Waals surface area contributed by atoms with Crippen molar-refractivity contribution in [3.8, 4) is 0 Å². The second kappa shape index (κ2) is 11.6. The maximum Gasteiger partial charge on any atom is 0.197 e. The number of nitrogens with zero attached hydrogens (tertiary/aromatic N) is 1. The molecule has 0 unspecified atom stereocenters. The van der Waals surface area contributed by atoms with Crippen LogP contribution in [0.1, 0.15) is 5.56 Å². The van der Waals surface area contributed by atoms with Gasteiger partial charge < -0.3 is 28.3 Å². The topological polar surface area (TPSA) is 53.3 Å². The van der Waals surface area contributed by atoms with Crippen LogP contribution in [0.2, 0.25) is 0 Å². The van der Waals surface area contributed by atoms with Gasteiger partial charge in [-0.1, -0.05) is 12.2 Å². The van der Waals surface area contributed by atoms with Gasteiger partial charge in [0.1, 0.15) is 0 Å². The normalized spacial score (nSPS) is 11.3. The largest absolute Gasteiger partial charge is 0.439 e. The number of rotatable bonds is 13. The summed E-state index contributed by atoms with van der Waals surface area (Å²) in [4.78, 5) is 2.10. The van der Waals surface area contributed by atoms with Crippen molar-refractivity contribution >= 4 is 39.7 Å². The van der Waals surface area contributed by atoms with Crippen molar-refractivity contribution in [3.05, 3.63) is 21.5 Å². The number of hydrogen-bond acceptors (Lipinski definition) is 8. The Bertz CT molecular complexity index is 701. The average molecular weight is 402 g/mol. The van der Waals surface area contributed by atoms with E-state index in [2.05, 4.69) is 10.3 Å². The zero-order valence-corrected chi connectivity index (χ0v) is 17.2. The lowest BCUT2D eigenvalue weighted by atomic mass is 10.3. The second-order valence-corrected chi connectivity index (χ2v) is 7.04. The molecule has 0 aliphatic carbocycles. The van der Waals surface area contributed by atoms with Crippen molar-refractivity contribution in [2.75, 3.05) is 71.9 Å². The first-order valence-electron chi connectivity index (χ1n) is 8.57. The van der Waals surface area contributed by atoms with E-state index >= 15 is 0 Å². The Morgan fingerprint density at radius 3 is 2.19 bits per heavy atom. The zero-order valence-electron chi connectivity index (χ0n) is 15.6. The Balaban J connectivity index is 2.05. The number of anilines is 1. The van der Waals surface area contributed by atoms with Crippen LogP contribution in [0.25, 0.3) is 10.3 Å². The van der Waals surface area contributed by atoms with Gasteiger partial charge in [0.25, 0.3) is 0 Å². The fourth-order valence-electron chi connectivity index (χ4n) is 2.37. The molecule has 2 heterocycles. The standard InChI is InChI=1S/C18H27NO5S2/c1-14-13-26-18-15(25)12-16(24-17(14)18)19(4-6-22-10-8-20-2)5-7-23-11-9-21-3/h12-13H,4-11H2,1-3H3. The van der Waals surface area contributed by atoms with E-state index in [-0.39, 0.29) is 0 Å². The molecule has 6 nitrogen and oxygen atoms in total. The monoisotopic (exact) mass is 401 g/mol. The molecule has 26 heavy (non-hydrogen) atoms. The van der Waals surface area contributed by atoms with E-state index in [4.69, 9.17) is 35.6 Å². The molecule has 0 fully saturated rings. The van der Waals surface area contributed by atoms with E-state index in [9.17, 15) is 0 Å². The molecule has 0 amide bonds. The minimum absolute atomic E-state index is 0.570. The number of thiophene rings is 1. The lowest BCUT2D eigenvalue weighted by molar-refractivity contribution is 0.0672. The van der Waals surface area contributed by atoms with Crippen molar-refractivity contribution in [1.82, 2.24) is 0 Å². The smallest absolute Gasteiger partial charge is 0.197 e. The SMILES string of the molecule is COCCOCCN(CCOCCOC)c1cc(=S)c2scc(C)c2o1. The van der Waals surface area contributed by atoms with Gasteiger partial charge in [-0.25, -0.2) is 0 Å². The lowest BCUT2D eigenvalue weighted by Gasteiger charge is -2.23. The van der Waals surface area contributed by atoms with Gasteiger partial charge >= 0.3 is 0 Å². The highest BCUT2D eigenvalue weighted by molar-refractivity contribution is 7.72. The van der Waals surface area contributed by atoms with Crippen molar-refractivity contribution < 1.29 is 23.4 Å². The fourth-order valence-corrected chi connectivity index (χ4v) is 3.59. The summed E-state index contributed by atoms with van der Waals surface area (Å²) < 4.78 is 29.2. The molecule has 0 radical (unpaired) electrons. The first-order valence-corrected chi connectivity index (χ1v) is 9.86. The molecule has 2 aromatic heterocycles. The number of fused-ring (bicyclic) bond motifs is 1. The Kier molecular flexibility index (Phi) is 9.52. The molecule has 146 valence electrons. The number of aryl methyl sites for hydroxylation is 1.